The third-order valence-corrected chi connectivity index (χ3v) is 7.77. The van der Waals surface area contributed by atoms with E-state index >= 15 is 0 Å². The van der Waals surface area contributed by atoms with Gasteiger partial charge < -0.3 is 5.32 Å². The molecule has 1 saturated heterocycles. The molecule has 0 spiro atoms. The van der Waals surface area contributed by atoms with Crippen molar-refractivity contribution in [2.45, 2.75) is 38.6 Å². The topological polar surface area (TPSA) is 86.8 Å². The number of hydrogen-bond acceptors (Lipinski definition) is 5. The summed E-state index contributed by atoms with van der Waals surface area (Å²) in [6, 6.07) is 11.7. The number of hydrogen-bond donors (Lipinski definition) is 1. The van der Waals surface area contributed by atoms with Crippen LogP contribution in [-0.4, -0.2) is 61.5 Å². The molecule has 166 valence electrons. The second kappa shape index (κ2) is 9.30. The molecule has 7 nitrogen and oxygen atoms in total. The van der Waals surface area contributed by atoms with Crippen LogP contribution in [0.5, 0.6) is 0 Å². The Bertz CT molecular complexity index is 1070. The molecule has 1 aliphatic rings. The minimum atomic E-state index is -3.56. The van der Waals surface area contributed by atoms with Crippen molar-refractivity contribution < 1.29 is 18.0 Å². The lowest BCUT2D eigenvalue weighted by atomic mass is 10.1. The molecule has 1 N–H and O–H groups in total. The van der Waals surface area contributed by atoms with Gasteiger partial charge in [-0.15, -0.1) is 0 Å². The maximum atomic E-state index is 13.1. The van der Waals surface area contributed by atoms with Crippen LogP contribution >= 0.6 is 0 Å². The van der Waals surface area contributed by atoms with Crippen LogP contribution in [0.15, 0.2) is 47.4 Å². The number of anilines is 1. The molecule has 0 saturated carbocycles. The largest absolute Gasteiger partial charge is 0.325 e. The summed E-state index contributed by atoms with van der Waals surface area (Å²) in [5.41, 5.74) is 2.98. The van der Waals surface area contributed by atoms with Gasteiger partial charge in [-0.25, -0.2) is 8.42 Å². The van der Waals surface area contributed by atoms with Crippen LogP contribution in [-0.2, 0) is 14.8 Å². The fraction of sp³-hybridized carbons (Fsp3) is 0.391. The summed E-state index contributed by atoms with van der Waals surface area (Å²) in [5, 5.41) is 2.86. The van der Waals surface area contributed by atoms with E-state index in [-0.39, 0.29) is 11.7 Å². The quantitative estimate of drug-likeness (QED) is 0.694. The molecule has 8 heteroatoms. The number of nitrogens with zero attached hydrogens (tertiary/aromatic N) is 2. The second-order valence-electron chi connectivity index (χ2n) is 8.01. The molecule has 0 radical (unpaired) electrons. The summed E-state index contributed by atoms with van der Waals surface area (Å²) >= 11 is 0. The Balaban J connectivity index is 1.60. The maximum absolute atomic E-state index is 13.1. The number of nitrogens with one attached hydrogen (secondary N) is 1. The number of benzene rings is 2. The monoisotopic (exact) mass is 443 g/mol. The van der Waals surface area contributed by atoms with E-state index in [0.717, 1.165) is 11.1 Å². The van der Waals surface area contributed by atoms with Gasteiger partial charge >= 0.3 is 0 Å². The summed E-state index contributed by atoms with van der Waals surface area (Å²) < 4.78 is 27.6. The lowest BCUT2D eigenvalue weighted by Gasteiger charge is -2.36. The highest BCUT2D eigenvalue weighted by Crippen LogP contribution is 2.23. The summed E-state index contributed by atoms with van der Waals surface area (Å²) in [4.78, 5) is 26.3. The summed E-state index contributed by atoms with van der Waals surface area (Å²) in [6.07, 6.45) is 0. The van der Waals surface area contributed by atoms with Crippen LogP contribution < -0.4 is 5.32 Å². The van der Waals surface area contributed by atoms with E-state index in [2.05, 4.69) is 5.32 Å². The minimum absolute atomic E-state index is 0.0279. The maximum Gasteiger partial charge on any atom is 0.243 e. The smallest absolute Gasteiger partial charge is 0.243 e. The first-order valence-corrected chi connectivity index (χ1v) is 11.8. The Labute approximate surface area is 184 Å². The lowest BCUT2D eigenvalue weighted by molar-refractivity contribution is -0.121. The SMILES string of the molecule is CC(=O)c1ccc(NC(=O)C(C)N2CCN(S(=O)(=O)c3ccc(C)cc3C)CC2)cc1. The van der Waals surface area contributed by atoms with Crippen molar-refractivity contribution in [1.82, 2.24) is 9.21 Å². The lowest BCUT2D eigenvalue weighted by Crippen LogP contribution is -2.54. The number of piperazine rings is 1. The molecule has 2 aromatic carbocycles. The van der Waals surface area contributed by atoms with Gasteiger partial charge in [0.15, 0.2) is 5.78 Å². The number of sulfonamides is 1. The Morgan fingerprint density at radius 2 is 1.58 bits per heavy atom. The molecule has 1 fully saturated rings. The molecule has 31 heavy (non-hydrogen) atoms. The highest BCUT2D eigenvalue weighted by molar-refractivity contribution is 7.89. The van der Waals surface area contributed by atoms with Crippen molar-refractivity contribution in [3.05, 3.63) is 59.2 Å². The van der Waals surface area contributed by atoms with Crippen LogP contribution in [0.25, 0.3) is 0 Å². The van der Waals surface area contributed by atoms with Gasteiger partial charge in [0.25, 0.3) is 0 Å². The standard InChI is InChI=1S/C23H29N3O4S/c1-16-5-10-22(17(2)15-16)31(29,30)26-13-11-25(12-14-26)18(3)23(28)24-21-8-6-20(7-9-21)19(4)27/h5-10,15,18H,11-14H2,1-4H3,(H,24,28). The van der Waals surface area contributed by atoms with E-state index in [9.17, 15) is 18.0 Å². The zero-order chi connectivity index (χ0) is 22.8. The predicted molar refractivity (Wildman–Crippen MR) is 121 cm³/mol. The van der Waals surface area contributed by atoms with E-state index in [0.29, 0.717) is 42.3 Å². The van der Waals surface area contributed by atoms with Gasteiger partial charge in [-0.2, -0.15) is 4.31 Å². The van der Waals surface area contributed by atoms with Crippen molar-refractivity contribution in [2.24, 2.45) is 0 Å². The van der Waals surface area contributed by atoms with E-state index in [1.54, 1.807) is 30.3 Å². The Kier molecular flexibility index (Phi) is 6.93. The van der Waals surface area contributed by atoms with Gasteiger partial charge in [-0.3, -0.25) is 14.5 Å². The van der Waals surface area contributed by atoms with Crippen molar-refractivity contribution in [3.8, 4) is 0 Å². The van der Waals surface area contributed by atoms with Gasteiger partial charge in [-0.05, 0) is 63.6 Å². The average Bonchev–Trinajstić information content (AvgIpc) is 2.73. The number of amides is 1. The number of carbonyl (C=O) groups is 2. The number of carbonyl (C=O) groups excluding carboxylic acids is 2. The van der Waals surface area contributed by atoms with Gasteiger partial charge in [0.2, 0.25) is 15.9 Å². The van der Waals surface area contributed by atoms with E-state index in [1.165, 1.54) is 11.2 Å². The van der Waals surface area contributed by atoms with Crippen LogP contribution in [0, 0.1) is 13.8 Å². The van der Waals surface area contributed by atoms with Crippen LogP contribution in [0.1, 0.15) is 35.3 Å². The van der Waals surface area contributed by atoms with Crippen molar-refractivity contribution in [2.75, 3.05) is 31.5 Å². The van der Waals surface area contributed by atoms with Crippen molar-refractivity contribution in [1.29, 1.82) is 0 Å². The fourth-order valence-corrected chi connectivity index (χ4v) is 5.39. The van der Waals surface area contributed by atoms with E-state index in [4.69, 9.17) is 0 Å². The highest BCUT2D eigenvalue weighted by atomic mass is 32.2. The Hall–Kier alpha value is -2.55. The van der Waals surface area contributed by atoms with Gasteiger partial charge in [0.05, 0.1) is 10.9 Å². The normalized spacial score (nSPS) is 16.6. The Morgan fingerprint density at radius 3 is 2.13 bits per heavy atom. The van der Waals surface area contributed by atoms with Crippen molar-refractivity contribution in [3.63, 3.8) is 0 Å². The molecule has 1 aliphatic heterocycles. The number of Topliss-reactive ketones (excluding diaryl/α,β-unsaturated/α-hetero) is 1. The second-order valence-corrected chi connectivity index (χ2v) is 9.91. The third kappa shape index (κ3) is 5.20. The molecule has 0 aliphatic carbocycles. The van der Waals surface area contributed by atoms with Gasteiger partial charge in [0.1, 0.15) is 0 Å². The van der Waals surface area contributed by atoms with Crippen LogP contribution in [0.2, 0.25) is 0 Å². The summed E-state index contributed by atoms with van der Waals surface area (Å²) in [7, 11) is -3.56. The number of aryl methyl sites for hydroxylation is 2. The molecule has 1 heterocycles. The first-order chi connectivity index (χ1) is 14.6. The summed E-state index contributed by atoms with van der Waals surface area (Å²) in [5.74, 6) is -0.193. The van der Waals surface area contributed by atoms with Crippen LogP contribution in [0.4, 0.5) is 5.69 Å². The molecular weight excluding hydrogens is 414 g/mol. The van der Waals surface area contributed by atoms with Crippen molar-refractivity contribution >= 4 is 27.4 Å². The van der Waals surface area contributed by atoms with E-state index < -0.39 is 16.1 Å². The molecule has 1 unspecified atom stereocenters. The molecular formula is C23H29N3O4S. The molecule has 0 bridgehead atoms. The summed E-state index contributed by atoms with van der Waals surface area (Å²) in [6.45, 7) is 8.67. The number of rotatable bonds is 6. The first-order valence-electron chi connectivity index (χ1n) is 10.3. The molecule has 0 aromatic heterocycles. The average molecular weight is 444 g/mol. The fourth-order valence-electron chi connectivity index (χ4n) is 3.76. The molecule has 3 rings (SSSR count). The molecule has 2 aromatic rings. The van der Waals surface area contributed by atoms with E-state index in [1.807, 2.05) is 37.8 Å². The van der Waals surface area contributed by atoms with Gasteiger partial charge in [-0.1, -0.05) is 17.7 Å². The predicted octanol–water partition coefficient (Wildman–Crippen LogP) is 2.84. The number of ketones is 1. The Morgan fingerprint density at radius 1 is 0.968 bits per heavy atom. The first kappa shape index (κ1) is 23.1. The highest BCUT2D eigenvalue weighted by Gasteiger charge is 2.32. The minimum Gasteiger partial charge on any atom is -0.325 e. The molecule has 1 atom stereocenters. The zero-order valence-corrected chi connectivity index (χ0v) is 19.2. The molecule has 1 amide bonds. The third-order valence-electron chi connectivity index (χ3n) is 5.71. The van der Waals surface area contributed by atoms with Gasteiger partial charge in [0, 0.05) is 37.4 Å². The zero-order valence-electron chi connectivity index (χ0n) is 18.4. The van der Waals surface area contributed by atoms with Crippen LogP contribution in [0.3, 0.4) is 0 Å².